The number of nitrogens with zero attached hydrogens (tertiary/aromatic N) is 4. The number of nitrogens with one attached hydrogen (secondary N) is 1. The summed E-state index contributed by atoms with van der Waals surface area (Å²) in [5.74, 6) is 0.346. The number of aliphatic hydroxyl groups is 1. The third kappa shape index (κ3) is 3.03. The van der Waals surface area contributed by atoms with Crippen molar-refractivity contribution in [2.75, 3.05) is 12.9 Å². The molecule has 6 rings (SSSR count). The van der Waals surface area contributed by atoms with Gasteiger partial charge in [0.25, 0.3) is 5.56 Å². The Kier molecular flexibility index (Phi) is 4.84. The molecule has 4 aromatic rings. The predicted octanol–water partition coefficient (Wildman–Crippen LogP) is 1.65. The molecule has 2 fully saturated rings. The molecule has 166 valence electrons. The van der Waals surface area contributed by atoms with Crippen molar-refractivity contribution >= 4 is 37.3 Å². The summed E-state index contributed by atoms with van der Waals surface area (Å²) >= 11 is 1.31. The Balaban J connectivity index is 1.51. The molecule has 2 aliphatic heterocycles. The van der Waals surface area contributed by atoms with Crippen LogP contribution in [0.25, 0.3) is 28.2 Å². The number of thioether (sulfide) groups is 1. The van der Waals surface area contributed by atoms with Crippen LogP contribution in [0.1, 0.15) is 6.23 Å². The SMILES string of the molecule is CSc1nc2c(=O)n3cc(-c4ccccc4)[nH]c3nc2n1[C@@H]1OC2COP(O)O[C@H]2[C@@H]1O. The summed E-state index contributed by atoms with van der Waals surface area (Å²) in [4.78, 5) is 35.2. The van der Waals surface area contributed by atoms with Crippen molar-refractivity contribution in [3.8, 4) is 11.3 Å². The van der Waals surface area contributed by atoms with E-state index in [0.29, 0.717) is 10.9 Å². The Bertz CT molecular complexity index is 1370. The summed E-state index contributed by atoms with van der Waals surface area (Å²) in [6.07, 6.45) is 0.190. The average molecular weight is 475 g/mol. The lowest BCUT2D eigenvalue weighted by atomic mass is 10.1. The zero-order chi connectivity index (χ0) is 22.0. The number of benzene rings is 1. The largest absolute Gasteiger partial charge is 0.386 e. The highest BCUT2D eigenvalue weighted by atomic mass is 32.2. The molecule has 5 atom stereocenters. The van der Waals surface area contributed by atoms with Gasteiger partial charge in [-0.05, 0) is 11.8 Å². The molecule has 0 amide bonds. The Morgan fingerprint density at radius 2 is 2.09 bits per heavy atom. The van der Waals surface area contributed by atoms with Gasteiger partial charge >= 0.3 is 8.60 Å². The van der Waals surface area contributed by atoms with Gasteiger partial charge in [0.05, 0.1) is 12.3 Å². The Morgan fingerprint density at radius 3 is 2.88 bits per heavy atom. The van der Waals surface area contributed by atoms with E-state index in [1.165, 1.54) is 16.2 Å². The summed E-state index contributed by atoms with van der Waals surface area (Å²) in [7, 11) is -2.06. The highest BCUT2D eigenvalue weighted by Crippen LogP contribution is 2.47. The van der Waals surface area contributed by atoms with Crippen molar-refractivity contribution in [3.05, 3.63) is 46.9 Å². The number of fused-ring (bicyclic) bond motifs is 3. The van der Waals surface area contributed by atoms with Crippen LogP contribution in [-0.4, -0.2) is 65.1 Å². The first-order chi connectivity index (χ1) is 15.5. The van der Waals surface area contributed by atoms with E-state index < -0.39 is 33.1 Å². The van der Waals surface area contributed by atoms with Crippen molar-refractivity contribution < 1.29 is 23.8 Å². The van der Waals surface area contributed by atoms with Gasteiger partial charge in [-0.15, -0.1) is 0 Å². The van der Waals surface area contributed by atoms with Gasteiger partial charge in [-0.3, -0.25) is 9.36 Å². The zero-order valence-corrected chi connectivity index (χ0v) is 18.4. The monoisotopic (exact) mass is 475 g/mol. The van der Waals surface area contributed by atoms with Gasteiger partial charge in [0.15, 0.2) is 22.5 Å². The number of aromatic nitrogens is 5. The number of rotatable bonds is 3. The second kappa shape index (κ2) is 7.63. The standard InChI is InChI=1S/C19H18N5O6PS/c1-32-19-21-12-15(24(19)17-13(25)14-11(29-17)8-28-31(27)30-14)22-18-20-10(7-23(18)16(12)26)9-5-3-2-4-6-9/h2-7,11,13-14,17,25,27H,8H2,1H3,(H,20,22)/t11?,13-,14+,17+,31?/m0/s1. The fourth-order valence-corrected chi connectivity index (χ4v) is 5.49. The Morgan fingerprint density at radius 1 is 1.28 bits per heavy atom. The van der Waals surface area contributed by atoms with Crippen LogP contribution in [0, 0.1) is 0 Å². The lowest BCUT2D eigenvalue weighted by Gasteiger charge is -2.27. The minimum Gasteiger partial charge on any atom is -0.386 e. The van der Waals surface area contributed by atoms with Crippen molar-refractivity contribution in [1.82, 2.24) is 23.9 Å². The minimum atomic E-state index is -2.06. The molecule has 5 heterocycles. The number of aliphatic hydroxyl groups excluding tert-OH is 1. The lowest BCUT2D eigenvalue weighted by molar-refractivity contribution is -0.0614. The maximum atomic E-state index is 13.2. The third-order valence-corrected chi connectivity index (χ3v) is 7.06. The quantitative estimate of drug-likeness (QED) is 0.298. The smallest absolute Gasteiger partial charge is 0.330 e. The molecular formula is C19H18N5O6PS. The van der Waals surface area contributed by atoms with Crippen molar-refractivity contribution in [2.24, 2.45) is 0 Å². The van der Waals surface area contributed by atoms with Gasteiger partial charge in [-0.25, -0.2) is 9.38 Å². The van der Waals surface area contributed by atoms with E-state index in [2.05, 4.69) is 15.0 Å². The molecule has 0 bridgehead atoms. The van der Waals surface area contributed by atoms with Gasteiger partial charge in [-0.2, -0.15) is 4.98 Å². The highest BCUT2D eigenvalue weighted by molar-refractivity contribution is 7.98. The van der Waals surface area contributed by atoms with Crippen LogP contribution in [0.15, 0.2) is 46.5 Å². The summed E-state index contributed by atoms with van der Waals surface area (Å²) in [6, 6.07) is 9.61. The molecule has 3 aromatic heterocycles. The first-order valence-electron chi connectivity index (χ1n) is 9.80. The number of imidazole rings is 2. The van der Waals surface area contributed by atoms with Gasteiger partial charge < -0.3 is 28.8 Å². The molecule has 0 aliphatic carbocycles. The topological polar surface area (TPSA) is 136 Å². The maximum absolute atomic E-state index is 13.2. The number of aromatic amines is 1. The lowest BCUT2D eigenvalue weighted by Crippen LogP contribution is -2.38. The summed E-state index contributed by atoms with van der Waals surface area (Å²) in [5, 5.41) is 11.4. The fraction of sp³-hybridized carbons (Fsp3) is 0.316. The van der Waals surface area contributed by atoms with E-state index in [9.17, 15) is 14.8 Å². The maximum Gasteiger partial charge on any atom is 0.330 e. The molecule has 2 aliphatic rings. The van der Waals surface area contributed by atoms with E-state index in [1.54, 1.807) is 10.8 Å². The molecule has 2 unspecified atom stereocenters. The van der Waals surface area contributed by atoms with Crippen LogP contribution in [0.2, 0.25) is 0 Å². The predicted molar refractivity (Wildman–Crippen MR) is 116 cm³/mol. The normalized spacial score (nSPS) is 27.9. The molecule has 0 spiro atoms. The van der Waals surface area contributed by atoms with Crippen molar-refractivity contribution in [3.63, 3.8) is 0 Å². The molecule has 2 saturated heterocycles. The first kappa shape index (κ1) is 20.3. The van der Waals surface area contributed by atoms with Crippen LogP contribution in [0.4, 0.5) is 0 Å². The highest BCUT2D eigenvalue weighted by Gasteiger charge is 2.50. The first-order valence-corrected chi connectivity index (χ1v) is 12.2. The number of hydrogen-bond acceptors (Lipinski definition) is 9. The molecular weight excluding hydrogens is 457 g/mol. The van der Waals surface area contributed by atoms with E-state index >= 15 is 0 Å². The van der Waals surface area contributed by atoms with Crippen LogP contribution >= 0.6 is 20.4 Å². The molecule has 1 aromatic carbocycles. The fourth-order valence-electron chi connectivity index (χ4n) is 4.12. The Hall–Kier alpha value is -2.31. The molecule has 11 nitrogen and oxygen atoms in total. The summed E-state index contributed by atoms with van der Waals surface area (Å²) in [6.45, 7) is 0.0963. The van der Waals surface area contributed by atoms with Crippen LogP contribution in [-0.2, 0) is 13.8 Å². The second-order valence-corrected chi connectivity index (χ2v) is 9.16. The van der Waals surface area contributed by atoms with Gasteiger partial charge in [0.2, 0.25) is 5.78 Å². The Labute approximate surface area is 186 Å². The molecule has 0 saturated carbocycles. The number of ether oxygens (including phenoxy) is 1. The van der Waals surface area contributed by atoms with Gasteiger partial charge in [-0.1, -0.05) is 42.1 Å². The van der Waals surface area contributed by atoms with E-state index in [1.807, 2.05) is 36.6 Å². The van der Waals surface area contributed by atoms with Crippen molar-refractivity contribution in [1.29, 1.82) is 0 Å². The van der Waals surface area contributed by atoms with Crippen molar-refractivity contribution in [2.45, 2.75) is 29.7 Å². The van der Waals surface area contributed by atoms with E-state index in [4.69, 9.17) is 13.8 Å². The minimum absolute atomic E-state index is 0.0963. The van der Waals surface area contributed by atoms with Gasteiger partial charge in [0, 0.05) is 6.20 Å². The van der Waals surface area contributed by atoms with E-state index in [0.717, 1.165) is 11.3 Å². The number of hydrogen-bond donors (Lipinski definition) is 3. The second-order valence-electron chi connectivity index (χ2n) is 7.44. The summed E-state index contributed by atoms with van der Waals surface area (Å²) < 4.78 is 19.5. The van der Waals surface area contributed by atoms with Crippen LogP contribution in [0.3, 0.4) is 0 Å². The molecule has 32 heavy (non-hydrogen) atoms. The van der Waals surface area contributed by atoms with Crippen LogP contribution in [0.5, 0.6) is 0 Å². The average Bonchev–Trinajstić information content (AvgIpc) is 3.49. The zero-order valence-electron chi connectivity index (χ0n) is 16.7. The summed E-state index contributed by atoms with van der Waals surface area (Å²) in [5.41, 5.74) is 1.78. The van der Waals surface area contributed by atoms with Gasteiger partial charge in [0.1, 0.15) is 18.3 Å². The third-order valence-electron chi connectivity index (χ3n) is 5.61. The molecule has 3 N–H and O–H groups in total. The molecule has 0 radical (unpaired) electrons. The van der Waals surface area contributed by atoms with E-state index in [-0.39, 0.29) is 23.3 Å². The number of H-pyrrole nitrogens is 1. The molecule has 13 heteroatoms. The van der Waals surface area contributed by atoms with Crippen LogP contribution < -0.4 is 5.56 Å².